The predicted molar refractivity (Wildman–Crippen MR) is 101 cm³/mol. The third-order valence-corrected chi connectivity index (χ3v) is 3.45. The fourth-order valence-electron chi connectivity index (χ4n) is 2.26. The standard InChI is InChI=1S/C19H24FN5O/c1-3-21-19(23-13-15-7-5-8-16(20)12-15)22-11-10-18(26)25-17-9-4-6-14(2)24-17/h4-9,12H,3,10-11,13H2,1-2H3,(H2,21,22,23)(H,24,25,26). The molecule has 0 aliphatic rings. The van der Waals surface area contributed by atoms with Gasteiger partial charge in [-0.2, -0.15) is 0 Å². The van der Waals surface area contributed by atoms with Crippen molar-refractivity contribution in [3.05, 3.63) is 59.5 Å². The number of carbonyl (C=O) groups excluding carboxylic acids is 1. The molecule has 0 atom stereocenters. The highest BCUT2D eigenvalue weighted by Gasteiger charge is 2.05. The van der Waals surface area contributed by atoms with E-state index in [1.54, 1.807) is 12.1 Å². The highest BCUT2D eigenvalue weighted by atomic mass is 19.1. The normalized spacial score (nSPS) is 11.1. The number of aryl methyl sites for hydroxylation is 1. The van der Waals surface area contributed by atoms with E-state index < -0.39 is 0 Å². The Balaban J connectivity index is 1.81. The Morgan fingerprint density at radius 3 is 2.73 bits per heavy atom. The second kappa shape index (κ2) is 10.1. The zero-order chi connectivity index (χ0) is 18.8. The molecule has 0 spiro atoms. The summed E-state index contributed by atoms with van der Waals surface area (Å²) in [5.41, 5.74) is 1.63. The lowest BCUT2D eigenvalue weighted by molar-refractivity contribution is -0.116. The third kappa shape index (κ3) is 6.88. The summed E-state index contributed by atoms with van der Waals surface area (Å²) >= 11 is 0. The number of halogens is 1. The molecule has 2 rings (SSSR count). The first-order valence-corrected chi connectivity index (χ1v) is 8.57. The van der Waals surface area contributed by atoms with Crippen LogP contribution in [0.4, 0.5) is 10.2 Å². The van der Waals surface area contributed by atoms with E-state index >= 15 is 0 Å². The van der Waals surface area contributed by atoms with E-state index in [0.29, 0.717) is 31.4 Å². The minimum atomic E-state index is -0.280. The van der Waals surface area contributed by atoms with Gasteiger partial charge in [0.15, 0.2) is 5.96 Å². The minimum Gasteiger partial charge on any atom is -0.357 e. The molecule has 0 saturated carbocycles. The van der Waals surface area contributed by atoms with Gasteiger partial charge in [-0.15, -0.1) is 0 Å². The maximum Gasteiger partial charge on any atom is 0.227 e. The van der Waals surface area contributed by atoms with Crippen LogP contribution in [-0.4, -0.2) is 29.9 Å². The Morgan fingerprint density at radius 1 is 1.19 bits per heavy atom. The van der Waals surface area contributed by atoms with Gasteiger partial charge in [-0.3, -0.25) is 4.79 Å². The molecule has 0 fully saturated rings. The van der Waals surface area contributed by atoms with Crippen LogP contribution in [0.1, 0.15) is 24.6 Å². The molecule has 138 valence electrons. The van der Waals surface area contributed by atoms with Crippen molar-refractivity contribution in [3.8, 4) is 0 Å². The molecule has 3 N–H and O–H groups in total. The van der Waals surface area contributed by atoms with E-state index in [0.717, 1.165) is 11.3 Å². The van der Waals surface area contributed by atoms with Crippen LogP contribution < -0.4 is 16.0 Å². The van der Waals surface area contributed by atoms with Crippen LogP contribution in [0, 0.1) is 12.7 Å². The van der Waals surface area contributed by atoms with E-state index in [4.69, 9.17) is 0 Å². The molecule has 1 aromatic heterocycles. The van der Waals surface area contributed by atoms with E-state index in [9.17, 15) is 9.18 Å². The van der Waals surface area contributed by atoms with Crippen LogP contribution in [0.3, 0.4) is 0 Å². The van der Waals surface area contributed by atoms with Crippen LogP contribution in [0.25, 0.3) is 0 Å². The lowest BCUT2D eigenvalue weighted by Crippen LogP contribution is -2.38. The summed E-state index contributed by atoms with van der Waals surface area (Å²) in [6, 6.07) is 11.8. The molecule has 1 amide bonds. The highest BCUT2D eigenvalue weighted by Crippen LogP contribution is 2.05. The molecule has 1 aromatic carbocycles. The molecule has 0 aliphatic carbocycles. The van der Waals surface area contributed by atoms with Crippen molar-refractivity contribution in [3.63, 3.8) is 0 Å². The maximum atomic E-state index is 13.2. The van der Waals surface area contributed by atoms with Gasteiger partial charge in [0.1, 0.15) is 11.6 Å². The number of carbonyl (C=O) groups is 1. The molecule has 26 heavy (non-hydrogen) atoms. The molecule has 0 unspecified atom stereocenters. The molecule has 0 radical (unpaired) electrons. The van der Waals surface area contributed by atoms with Crippen molar-refractivity contribution in [2.75, 3.05) is 18.4 Å². The van der Waals surface area contributed by atoms with E-state index in [-0.39, 0.29) is 18.1 Å². The Morgan fingerprint density at radius 2 is 2.00 bits per heavy atom. The summed E-state index contributed by atoms with van der Waals surface area (Å²) in [4.78, 5) is 20.6. The van der Waals surface area contributed by atoms with Gasteiger partial charge >= 0.3 is 0 Å². The number of rotatable bonds is 7. The first-order valence-electron chi connectivity index (χ1n) is 8.57. The second-order valence-electron chi connectivity index (χ2n) is 5.71. The van der Waals surface area contributed by atoms with Gasteiger partial charge in [0.25, 0.3) is 0 Å². The molecular weight excluding hydrogens is 333 g/mol. The molecule has 0 aliphatic heterocycles. The summed E-state index contributed by atoms with van der Waals surface area (Å²) in [5, 5.41) is 8.96. The van der Waals surface area contributed by atoms with Crippen LogP contribution in [0.15, 0.2) is 47.5 Å². The van der Waals surface area contributed by atoms with Gasteiger partial charge in [0.05, 0.1) is 6.54 Å². The maximum absolute atomic E-state index is 13.2. The number of amides is 1. The zero-order valence-corrected chi connectivity index (χ0v) is 15.1. The number of guanidine groups is 1. The third-order valence-electron chi connectivity index (χ3n) is 3.45. The predicted octanol–water partition coefficient (Wildman–Crippen LogP) is 2.61. The van der Waals surface area contributed by atoms with Gasteiger partial charge in [0.2, 0.25) is 5.91 Å². The monoisotopic (exact) mass is 357 g/mol. The van der Waals surface area contributed by atoms with Crippen molar-refractivity contribution in [2.24, 2.45) is 4.99 Å². The van der Waals surface area contributed by atoms with E-state index in [1.807, 2.05) is 32.0 Å². The first kappa shape index (κ1) is 19.4. The van der Waals surface area contributed by atoms with Crippen molar-refractivity contribution in [1.82, 2.24) is 15.6 Å². The number of aliphatic imine (C=N–C) groups is 1. The van der Waals surface area contributed by atoms with Gasteiger partial charge in [0, 0.05) is 25.2 Å². The second-order valence-corrected chi connectivity index (χ2v) is 5.71. The van der Waals surface area contributed by atoms with Crippen molar-refractivity contribution < 1.29 is 9.18 Å². The quantitative estimate of drug-likeness (QED) is 0.526. The summed E-state index contributed by atoms with van der Waals surface area (Å²) in [5.74, 6) is 0.716. The topological polar surface area (TPSA) is 78.4 Å². The van der Waals surface area contributed by atoms with Gasteiger partial charge in [-0.05, 0) is 43.7 Å². The van der Waals surface area contributed by atoms with Gasteiger partial charge < -0.3 is 16.0 Å². The number of nitrogens with one attached hydrogen (secondary N) is 3. The van der Waals surface area contributed by atoms with Crippen molar-refractivity contribution >= 4 is 17.7 Å². The number of nitrogens with zero attached hydrogens (tertiary/aromatic N) is 2. The Labute approximate surface area is 152 Å². The molecular formula is C19H24FN5O. The molecule has 2 aromatic rings. The first-order chi connectivity index (χ1) is 12.6. The Hall–Kier alpha value is -2.96. The molecule has 0 bridgehead atoms. The van der Waals surface area contributed by atoms with Gasteiger partial charge in [-0.1, -0.05) is 18.2 Å². The zero-order valence-electron chi connectivity index (χ0n) is 15.1. The van der Waals surface area contributed by atoms with Crippen molar-refractivity contribution in [2.45, 2.75) is 26.8 Å². The summed E-state index contributed by atoms with van der Waals surface area (Å²) in [6.07, 6.45) is 0.278. The fourth-order valence-corrected chi connectivity index (χ4v) is 2.26. The smallest absolute Gasteiger partial charge is 0.227 e. The number of pyridine rings is 1. The number of benzene rings is 1. The van der Waals surface area contributed by atoms with Crippen molar-refractivity contribution in [1.29, 1.82) is 0 Å². The van der Waals surface area contributed by atoms with Crippen LogP contribution >= 0.6 is 0 Å². The van der Waals surface area contributed by atoms with Crippen LogP contribution in [-0.2, 0) is 11.3 Å². The minimum absolute atomic E-state index is 0.128. The summed E-state index contributed by atoms with van der Waals surface area (Å²) in [6.45, 7) is 5.29. The SMILES string of the molecule is CCNC(=NCc1cccc(F)c1)NCCC(=O)Nc1cccc(C)n1. The highest BCUT2D eigenvalue weighted by molar-refractivity contribution is 5.90. The van der Waals surface area contributed by atoms with Crippen LogP contribution in [0.2, 0.25) is 0 Å². The number of aromatic nitrogens is 1. The molecule has 0 saturated heterocycles. The Kier molecular flexibility index (Phi) is 7.54. The average Bonchev–Trinajstić information content (AvgIpc) is 2.60. The number of hydrogen-bond acceptors (Lipinski definition) is 3. The largest absolute Gasteiger partial charge is 0.357 e. The summed E-state index contributed by atoms with van der Waals surface area (Å²) < 4.78 is 13.2. The summed E-state index contributed by atoms with van der Waals surface area (Å²) in [7, 11) is 0. The Bertz CT molecular complexity index is 763. The lowest BCUT2D eigenvalue weighted by Gasteiger charge is -2.11. The number of hydrogen-bond donors (Lipinski definition) is 3. The molecule has 6 nitrogen and oxygen atoms in total. The lowest BCUT2D eigenvalue weighted by atomic mass is 10.2. The van der Waals surface area contributed by atoms with E-state index in [2.05, 4.69) is 25.9 Å². The van der Waals surface area contributed by atoms with Crippen LogP contribution in [0.5, 0.6) is 0 Å². The number of anilines is 1. The fraction of sp³-hybridized carbons (Fsp3) is 0.316. The average molecular weight is 357 g/mol. The van der Waals surface area contributed by atoms with E-state index in [1.165, 1.54) is 12.1 Å². The van der Waals surface area contributed by atoms with Gasteiger partial charge in [-0.25, -0.2) is 14.4 Å². The molecule has 7 heteroatoms. The molecule has 1 heterocycles.